The van der Waals surface area contributed by atoms with Crippen molar-refractivity contribution in [3.05, 3.63) is 47.3 Å². The van der Waals surface area contributed by atoms with Crippen molar-refractivity contribution >= 4 is 0 Å². The summed E-state index contributed by atoms with van der Waals surface area (Å²) in [5.41, 5.74) is 9.89. The summed E-state index contributed by atoms with van der Waals surface area (Å²) in [5.74, 6) is 0.577. The fourth-order valence-electron chi connectivity index (χ4n) is 2.78. The molecule has 2 atom stereocenters. The van der Waals surface area contributed by atoms with Crippen LogP contribution in [-0.4, -0.2) is 15.0 Å². The van der Waals surface area contributed by atoms with Gasteiger partial charge in [-0.3, -0.25) is 4.68 Å². The van der Waals surface area contributed by atoms with Crippen LogP contribution in [0.15, 0.2) is 30.5 Å². The van der Waals surface area contributed by atoms with Gasteiger partial charge in [0.15, 0.2) is 0 Å². The number of hydrogen-bond acceptors (Lipinski definition) is 3. The molecule has 100 valence electrons. The van der Waals surface area contributed by atoms with Gasteiger partial charge < -0.3 is 5.73 Å². The summed E-state index contributed by atoms with van der Waals surface area (Å²) in [5, 5.41) is 8.39. The number of hydrogen-bond donors (Lipinski definition) is 1. The Hall–Kier alpha value is -1.68. The molecule has 2 N–H and O–H groups in total. The van der Waals surface area contributed by atoms with E-state index in [2.05, 4.69) is 41.5 Å². The minimum absolute atomic E-state index is 0.0208. The number of aromatic nitrogens is 3. The zero-order chi connectivity index (χ0) is 13.2. The van der Waals surface area contributed by atoms with Crippen molar-refractivity contribution in [1.82, 2.24) is 15.0 Å². The highest BCUT2D eigenvalue weighted by molar-refractivity contribution is 5.39. The largest absolute Gasteiger partial charge is 0.323 e. The zero-order valence-electron chi connectivity index (χ0n) is 11.3. The molecule has 1 aromatic carbocycles. The second-order valence-corrected chi connectivity index (χ2v) is 5.36. The Kier molecular flexibility index (Phi) is 3.34. The second-order valence-electron chi connectivity index (χ2n) is 5.36. The Bertz CT molecular complexity index is 561. The van der Waals surface area contributed by atoms with E-state index in [1.54, 1.807) is 0 Å². The van der Waals surface area contributed by atoms with Crippen LogP contribution in [0.25, 0.3) is 0 Å². The highest BCUT2D eigenvalue weighted by atomic mass is 15.4. The summed E-state index contributed by atoms with van der Waals surface area (Å²) in [7, 11) is 0. The zero-order valence-corrected chi connectivity index (χ0v) is 11.3. The van der Waals surface area contributed by atoms with E-state index >= 15 is 0 Å². The van der Waals surface area contributed by atoms with Gasteiger partial charge in [-0.1, -0.05) is 42.8 Å². The second kappa shape index (κ2) is 5.13. The lowest BCUT2D eigenvalue weighted by atomic mass is 9.78. The molecule has 2 unspecified atom stereocenters. The van der Waals surface area contributed by atoms with E-state index in [1.807, 2.05) is 10.9 Å². The van der Waals surface area contributed by atoms with Crippen molar-refractivity contribution < 1.29 is 0 Å². The van der Waals surface area contributed by atoms with Gasteiger partial charge in [0.05, 0.1) is 17.9 Å². The molecule has 1 heterocycles. The van der Waals surface area contributed by atoms with E-state index in [1.165, 1.54) is 11.1 Å². The lowest BCUT2D eigenvalue weighted by Crippen LogP contribution is -2.22. The first-order valence-corrected chi connectivity index (χ1v) is 7.01. The molecule has 3 rings (SSSR count). The van der Waals surface area contributed by atoms with E-state index in [-0.39, 0.29) is 6.04 Å². The van der Waals surface area contributed by atoms with Crippen molar-refractivity contribution in [3.63, 3.8) is 0 Å². The van der Waals surface area contributed by atoms with E-state index in [0.717, 1.165) is 31.5 Å². The predicted molar refractivity (Wildman–Crippen MR) is 74.7 cm³/mol. The maximum atomic E-state index is 6.06. The van der Waals surface area contributed by atoms with Crippen LogP contribution in [0.5, 0.6) is 0 Å². The summed E-state index contributed by atoms with van der Waals surface area (Å²) < 4.78 is 1.94. The first kappa shape index (κ1) is 12.4. The third-order valence-corrected chi connectivity index (χ3v) is 3.90. The lowest BCUT2D eigenvalue weighted by molar-refractivity contribution is 0.465. The molecule has 0 saturated heterocycles. The average molecular weight is 256 g/mol. The minimum Gasteiger partial charge on any atom is -0.323 e. The Morgan fingerprint density at radius 2 is 2.26 bits per heavy atom. The van der Waals surface area contributed by atoms with Gasteiger partial charge in [-0.2, -0.15) is 0 Å². The topological polar surface area (TPSA) is 56.7 Å². The van der Waals surface area contributed by atoms with Crippen LogP contribution in [0.2, 0.25) is 0 Å². The highest BCUT2D eigenvalue weighted by Crippen LogP contribution is 2.35. The predicted octanol–water partition coefficient (Wildman–Crippen LogP) is 2.42. The van der Waals surface area contributed by atoms with Gasteiger partial charge in [0, 0.05) is 12.5 Å². The maximum Gasteiger partial charge on any atom is 0.0994 e. The first-order valence-electron chi connectivity index (χ1n) is 7.01. The Balaban J connectivity index is 1.66. The molecule has 0 bridgehead atoms. The number of benzene rings is 1. The monoisotopic (exact) mass is 256 g/mol. The summed E-state index contributed by atoms with van der Waals surface area (Å²) in [6.07, 6.45) is 5.18. The van der Waals surface area contributed by atoms with Gasteiger partial charge >= 0.3 is 0 Å². The summed E-state index contributed by atoms with van der Waals surface area (Å²) in [6.45, 7) is 3.04. The molecule has 0 saturated carbocycles. The molecule has 1 aromatic heterocycles. The van der Waals surface area contributed by atoms with Crippen molar-refractivity contribution in [3.8, 4) is 0 Å². The molecule has 4 heteroatoms. The van der Waals surface area contributed by atoms with E-state index < -0.39 is 0 Å². The van der Waals surface area contributed by atoms with E-state index in [9.17, 15) is 0 Å². The molecule has 4 nitrogen and oxygen atoms in total. The van der Waals surface area contributed by atoms with Crippen molar-refractivity contribution in [2.24, 2.45) is 5.73 Å². The van der Waals surface area contributed by atoms with Crippen LogP contribution in [0.4, 0.5) is 0 Å². The SMILES string of the molecule is CCCC(N)c1cn(CC2Cc3ccccc32)nn1. The van der Waals surface area contributed by atoms with Crippen molar-refractivity contribution in [1.29, 1.82) is 0 Å². The molecule has 19 heavy (non-hydrogen) atoms. The molecule has 0 fully saturated rings. The molecular formula is C15H20N4. The number of nitrogens with zero attached hydrogens (tertiary/aromatic N) is 3. The summed E-state index contributed by atoms with van der Waals surface area (Å²) >= 11 is 0. The average Bonchev–Trinajstić information content (AvgIpc) is 2.85. The van der Waals surface area contributed by atoms with Crippen LogP contribution in [0, 0.1) is 0 Å². The Morgan fingerprint density at radius 1 is 1.42 bits per heavy atom. The molecule has 0 spiro atoms. The number of rotatable bonds is 5. The van der Waals surface area contributed by atoms with Gasteiger partial charge in [0.1, 0.15) is 0 Å². The fourth-order valence-corrected chi connectivity index (χ4v) is 2.78. The van der Waals surface area contributed by atoms with Crippen LogP contribution in [-0.2, 0) is 13.0 Å². The van der Waals surface area contributed by atoms with Crippen LogP contribution < -0.4 is 5.73 Å². The third-order valence-electron chi connectivity index (χ3n) is 3.90. The smallest absolute Gasteiger partial charge is 0.0994 e. The molecule has 1 aliphatic rings. The summed E-state index contributed by atoms with van der Waals surface area (Å²) in [6, 6.07) is 8.65. The molecule has 2 aromatic rings. The van der Waals surface area contributed by atoms with Gasteiger partial charge in [-0.05, 0) is 24.0 Å². The van der Waals surface area contributed by atoms with Gasteiger partial charge in [-0.15, -0.1) is 5.10 Å². The number of nitrogens with two attached hydrogens (primary N) is 1. The van der Waals surface area contributed by atoms with Crippen molar-refractivity contribution in [2.75, 3.05) is 0 Å². The van der Waals surface area contributed by atoms with Crippen LogP contribution >= 0.6 is 0 Å². The molecule has 1 aliphatic carbocycles. The first-order chi connectivity index (χ1) is 9.28. The highest BCUT2D eigenvalue weighted by Gasteiger charge is 2.26. The lowest BCUT2D eigenvalue weighted by Gasteiger charge is -2.29. The standard InChI is InChI=1S/C15H20N4/c1-2-5-14(16)15-10-19(18-17-15)9-12-8-11-6-3-4-7-13(11)12/h3-4,6-7,10,12,14H,2,5,8-9,16H2,1H3. The Morgan fingerprint density at radius 3 is 3.05 bits per heavy atom. The van der Waals surface area contributed by atoms with Crippen LogP contribution in [0.3, 0.4) is 0 Å². The molecular weight excluding hydrogens is 236 g/mol. The third kappa shape index (κ3) is 2.40. The van der Waals surface area contributed by atoms with Crippen molar-refractivity contribution in [2.45, 2.75) is 44.7 Å². The molecule has 0 amide bonds. The van der Waals surface area contributed by atoms with E-state index in [4.69, 9.17) is 5.73 Å². The maximum absolute atomic E-state index is 6.06. The molecule has 0 radical (unpaired) electrons. The minimum atomic E-state index is 0.0208. The Labute approximate surface area is 113 Å². The van der Waals surface area contributed by atoms with Crippen LogP contribution in [0.1, 0.15) is 48.5 Å². The summed E-state index contributed by atoms with van der Waals surface area (Å²) in [4.78, 5) is 0. The van der Waals surface area contributed by atoms with Gasteiger partial charge in [-0.25, -0.2) is 0 Å². The number of fused-ring (bicyclic) bond motifs is 1. The van der Waals surface area contributed by atoms with E-state index in [0.29, 0.717) is 5.92 Å². The van der Waals surface area contributed by atoms with Gasteiger partial charge in [0.2, 0.25) is 0 Å². The van der Waals surface area contributed by atoms with Gasteiger partial charge in [0.25, 0.3) is 0 Å². The quantitative estimate of drug-likeness (QED) is 0.893. The molecule has 0 aliphatic heterocycles. The fraction of sp³-hybridized carbons (Fsp3) is 0.467. The normalized spacial score (nSPS) is 18.7.